The van der Waals surface area contributed by atoms with Crippen LogP contribution in [-0.2, 0) is 21.3 Å². The number of esters is 2. The van der Waals surface area contributed by atoms with E-state index in [2.05, 4.69) is 21.6 Å². The summed E-state index contributed by atoms with van der Waals surface area (Å²) in [6, 6.07) is 0. The van der Waals surface area contributed by atoms with Crippen LogP contribution >= 0.6 is 0 Å². The number of carbonyl (C=O) groups excluding carboxylic acids is 2. The van der Waals surface area contributed by atoms with Crippen molar-refractivity contribution in [1.82, 2.24) is 9.55 Å². The highest BCUT2D eigenvalue weighted by molar-refractivity contribution is 5.85. The summed E-state index contributed by atoms with van der Waals surface area (Å²) in [6.45, 7) is 2.06. The number of hydrogen-bond acceptors (Lipinski definition) is 5. The Hall–Kier alpha value is -2.29. The van der Waals surface area contributed by atoms with Gasteiger partial charge in [0, 0.05) is 13.2 Å². The monoisotopic (exact) mass is 250 g/mol. The Bertz CT molecular complexity index is 508. The van der Waals surface area contributed by atoms with E-state index in [0.717, 1.165) is 0 Å². The molecule has 0 aliphatic heterocycles. The highest BCUT2D eigenvalue weighted by Gasteiger charge is 2.12. The summed E-state index contributed by atoms with van der Waals surface area (Å²) in [6.07, 6.45) is 1.59. The molecule has 0 saturated carbocycles. The minimum Gasteiger partial charge on any atom is -0.465 e. The third-order valence-corrected chi connectivity index (χ3v) is 2.00. The van der Waals surface area contributed by atoms with Crippen LogP contribution in [0.4, 0.5) is 0 Å². The second-order valence-corrected chi connectivity index (χ2v) is 3.34. The smallest absolute Gasteiger partial charge is 0.374 e. The zero-order valence-corrected chi connectivity index (χ0v) is 10.5. The molecule has 0 atom stereocenters. The Balaban J connectivity index is 2.72. The molecule has 18 heavy (non-hydrogen) atoms. The van der Waals surface area contributed by atoms with Crippen molar-refractivity contribution in [3.63, 3.8) is 0 Å². The SMILES string of the molecule is CCOC(=O)CC#Cc1cn(C)c(C(=O)OC)n1. The van der Waals surface area contributed by atoms with Gasteiger partial charge in [-0.25, -0.2) is 9.78 Å². The van der Waals surface area contributed by atoms with Crippen LogP contribution in [0.3, 0.4) is 0 Å². The zero-order valence-electron chi connectivity index (χ0n) is 10.5. The van der Waals surface area contributed by atoms with E-state index in [9.17, 15) is 9.59 Å². The molecule has 0 radical (unpaired) electrons. The highest BCUT2D eigenvalue weighted by Crippen LogP contribution is 2.01. The molecule has 96 valence electrons. The summed E-state index contributed by atoms with van der Waals surface area (Å²) in [5, 5.41) is 0. The average molecular weight is 250 g/mol. The first-order valence-electron chi connectivity index (χ1n) is 5.34. The average Bonchev–Trinajstić information content (AvgIpc) is 2.70. The molecule has 0 spiro atoms. The molecule has 0 saturated heterocycles. The van der Waals surface area contributed by atoms with E-state index in [1.54, 1.807) is 20.2 Å². The van der Waals surface area contributed by atoms with Crippen molar-refractivity contribution in [3.8, 4) is 11.8 Å². The molecule has 0 aliphatic rings. The summed E-state index contributed by atoms with van der Waals surface area (Å²) in [5.74, 6) is 4.57. The third kappa shape index (κ3) is 3.63. The second-order valence-electron chi connectivity index (χ2n) is 3.34. The number of rotatable bonds is 3. The maximum atomic E-state index is 11.3. The largest absolute Gasteiger partial charge is 0.465 e. The van der Waals surface area contributed by atoms with E-state index in [1.807, 2.05) is 0 Å². The van der Waals surface area contributed by atoms with Crippen LogP contribution in [0.25, 0.3) is 0 Å². The molecule has 6 nitrogen and oxygen atoms in total. The van der Waals surface area contributed by atoms with Crippen LogP contribution in [0.2, 0.25) is 0 Å². The lowest BCUT2D eigenvalue weighted by Crippen LogP contribution is -2.08. The Kier molecular flexibility index (Phi) is 4.93. The molecule has 1 aromatic heterocycles. The minimum atomic E-state index is -0.532. The quantitative estimate of drug-likeness (QED) is 0.577. The molecule has 0 fully saturated rings. The molecule has 1 heterocycles. The summed E-state index contributed by atoms with van der Waals surface area (Å²) < 4.78 is 10.8. The maximum absolute atomic E-state index is 11.3. The summed E-state index contributed by atoms with van der Waals surface area (Å²) in [4.78, 5) is 26.3. The number of nitrogens with zero attached hydrogens (tertiary/aromatic N) is 2. The number of methoxy groups -OCH3 is 1. The molecular weight excluding hydrogens is 236 g/mol. The Morgan fingerprint density at radius 2 is 2.22 bits per heavy atom. The lowest BCUT2D eigenvalue weighted by atomic mass is 10.4. The van der Waals surface area contributed by atoms with Crippen molar-refractivity contribution < 1.29 is 19.1 Å². The van der Waals surface area contributed by atoms with E-state index in [-0.39, 0.29) is 18.2 Å². The third-order valence-electron chi connectivity index (χ3n) is 2.00. The van der Waals surface area contributed by atoms with Crippen molar-refractivity contribution in [2.24, 2.45) is 7.05 Å². The summed E-state index contributed by atoms with van der Waals surface area (Å²) in [7, 11) is 2.94. The number of hydrogen-bond donors (Lipinski definition) is 0. The molecular formula is C12H14N2O4. The first kappa shape index (κ1) is 13.8. The van der Waals surface area contributed by atoms with Crippen molar-refractivity contribution in [2.75, 3.05) is 13.7 Å². The van der Waals surface area contributed by atoms with Gasteiger partial charge in [0.05, 0.1) is 13.7 Å². The van der Waals surface area contributed by atoms with E-state index in [0.29, 0.717) is 12.3 Å². The van der Waals surface area contributed by atoms with Gasteiger partial charge in [-0.15, -0.1) is 0 Å². The minimum absolute atomic E-state index is 0.00201. The van der Waals surface area contributed by atoms with E-state index in [4.69, 9.17) is 4.74 Å². The molecule has 0 unspecified atom stereocenters. The van der Waals surface area contributed by atoms with Crippen molar-refractivity contribution in [3.05, 3.63) is 17.7 Å². The zero-order chi connectivity index (χ0) is 13.5. The predicted octanol–water partition coefficient (Wildman–Crippen LogP) is 0.511. The highest BCUT2D eigenvalue weighted by atomic mass is 16.5. The van der Waals surface area contributed by atoms with E-state index < -0.39 is 5.97 Å². The Morgan fingerprint density at radius 1 is 1.50 bits per heavy atom. The van der Waals surface area contributed by atoms with Gasteiger partial charge in [-0.2, -0.15) is 0 Å². The van der Waals surface area contributed by atoms with Gasteiger partial charge in [-0.05, 0) is 12.8 Å². The first-order valence-corrected chi connectivity index (χ1v) is 5.34. The van der Waals surface area contributed by atoms with E-state index in [1.165, 1.54) is 11.7 Å². The lowest BCUT2D eigenvalue weighted by Gasteiger charge is -1.96. The molecule has 1 aromatic rings. The fraction of sp³-hybridized carbons (Fsp3) is 0.417. The van der Waals surface area contributed by atoms with E-state index >= 15 is 0 Å². The fourth-order valence-electron chi connectivity index (χ4n) is 1.23. The van der Waals surface area contributed by atoms with Crippen molar-refractivity contribution >= 4 is 11.9 Å². The van der Waals surface area contributed by atoms with Crippen LogP contribution in [0.1, 0.15) is 29.7 Å². The fourth-order valence-corrected chi connectivity index (χ4v) is 1.23. The topological polar surface area (TPSA) is 70.4 Å². The molecule has 0 N–H and O–H groups in total. The van der Waals surface area contributed by atoms with Gasteiger partial charge in [0.15, 0.2) is 0 Å². The summed E-state index contributed by atoms with van der Waals surface area (Å²) in [5.41, 5.74) is 0.405. The van der Waals surface area contributed by atoms with Crippen LogP contribution in [0.5, 0.6) is 0 Å². The Morgan fingerprint density at radius 3 is 2.83 bits per heavy atom. The molecule has 0 bridgehead atoms. The number of ether oxygens (including phenoxy) is 2. The standard InChI is InChI=1S/C12H14N2O4/c1-4-18-10(15)7-5-6-9-8-14(2)11(13-9)12(16)17-3/h8H,4,7H2,1-3H3. The first-order chi connectivity index (χ1) is 8.58. The number of aryl methyl sites for hydroxylation is 1. The van der Waals surface area contributed by atoms with Gasteiger partial charge >= 0.3 is 11.9 Å². The predicted molar refractivity (Wildman–Crippen MR) is 62.7 cm³/mol. The summed E-state index contributed by atoms with van der Waals surface area (Å²) >= 11 is 0. The van der Waals surface area contributed by atoms with Gasteiger partial charge in [0.25, 0.3) is 0 Å². The molecule has 6 heteroatoms. The molecule has 0 amide bonds. The van der Waals surface area contributed by atoms with Gasteiger partial charge in [0.1, 0.15) is 12.1 Å². The molecule has 0 aliphatic carbocycles. The lowest BCUT2D eigenvalue weighted by molar-refractivity contribution is -0.141. The van der Waals surface area contributed by atoms with Gasteiger partial charge < -0.3 is 14.0 Å². The van der Waals surface area contributed by atoms with Gasteiger partial charge in [-0.1, -0.05) is 5.92 Å². The Labute approximate surface area is 105 Å². The second kappa shape index (κ2) is 6.45. The van der Waals surface area contributed by atoms with Crippen LogP contribution in [0, 0.1) is 11.8 Å². The van der Waals surface area contributed by atoms with Crippen LogP contribution < -0.4 is 0 Å². The van der Waals surface area contributed by atoms with Crippen LogP contribution in [0.15, 0.2) is 6.20 Å². The maximum Gasteiger partial charge on any atom is 0.374 e. The normalized spacial score (nSPS) is 9.28. The number of aromatic nitrogens is 2. The molecule has 1 rings (SSSR count). The van der Waals surface area contributed by atoms with Crippen molar-refractivity contribution in [1.29, 1.82) is 0 Å². The number of carbonyl (C=O) groups is 2. The number of imidazole rings is 1. The van der Waals surface area contributed by atoms with Crippen molar-refractivity contribution in [2.45, 2.75) is 13.3 Å². The molecule has 0 aromatic carbocycles. The van der Waals surface area contributed by atoms with Gasteiger partial charge in [-0.3, -0.25) is 4.79 Å². The van der Waals surface area contributed by atoms with Crippen LogP contribution in [-0.4, -0.2) is 35.2 Å². The van der Waals surface area contributed by atoms with Gasteiger partial charge in [0.2, 0.25) is 5.82 Å².